The smallest absolute Gasteiger partial charge is 0.269 e. The van der Waals surface area contributed by atoms with Gasteiger partial charge in [-0.25, -0.2) is 9.97 Å². The molecule has 0 spiro atoms. The van der Waals surface area contributed by atoms with Gasteiger partial charge < -0.3 is 14.7 Å². The number of fused-ring (bicyclic) bond motifs is 2. The number of H-pyrrole nitrogens is 1. The molecule has 0 aliphatic rings. The zero-order valence-corrected chi connectivity index (χ0v) is 20.2. The summed E-state index contributed by atoms with van der Waals surface area (Å²) in [5, 5.41) is 13.2. The van der Waals surface area contributed by atoms with Crippen LogP contribution in [0.1, 0.15) is 36.3 Å². The highest BCUT2D eigenvalue weighted by Gasteiger charge is 2.19. The van der Waals surface area contributed by atoms with Crippen molar-refractivity contribution in [3.05, 3.63) is 82.5 Å². The van der Waals surface area contributed by atoms with E-state index in [0.717, 1.165) is 16.6 Å². The molecule has 0 unspecified atom stereocenters. The molecule has 1 amide bonds. The van der Waals surface area contributed by atoms with E-state index < -0.39 is 5.60 Å². The molecule has 0 fully saturated rings. The molecule has 0 saturated heterocycles. The van der Waals surface area contributed by atoms with Crippen LogP contribution in [-0.2, 0) is 6.54 Å². The normalized spacial score (nSPS) is 11.8. The Morgan fingerprint density at radius 2 is 1.72 bits per heavy atom. The van der Waals surface area contributed by atoms with Gasteiger partial charge in [0.05, 0.1) is 27.7 Å². The lowest BCUT2D eigenvalue weighted by atomic mass is 10.1. The molecule has 5 aromatic rings. The van der Waals surface area contributed by atoms with E-state index in [4.69, 9.17) is 0 Å². The number of imidazole rings is 1. The molecular weight excluding hydrogens is 456 g/mol. The number of aromatic amines is 1. The number of rotatable bonds is 6. The van der Waals surface area contributed by atoms with Crippen LogP contribution < -0.4 is 10.9 Å². The summed E-state index contributed by atoms with van der Waals surface area (Å²) in [7, 11) is 0. The van der Waals surface area contributed by atoms with Crippen LogP contribution in [-0.4, -0.2) is 41.1 Å². The van der Waals surface area contributed by atoms with Gasteiger partial charge in [0.1, 0.15) is 5.69 Å². The minimum atomic E-state index is -0.905. The molecule has 0 saturated carbocycles. The fraction of sp³-hybridized carbons (Fsp3) is 0.222. The monoisotopic (exact) mass is 482 g/mol. The largest absolute Gasteiger partial charge is 0.390 e. The van der Waals surface area contributed by atoms with Gasteiger partial charge in [0.15, 0.2) is 0 Å². The Morgan fingerprint density at radius 3 is 2.42 bits per heavy atom. The van der Waals surface area contributed by atoms with Crippen LogP contribution in [0.15, 0.2) is 65.7 Å². The van der Waals surface area contributed by atoms with Crippen molar-refractivity contribution in [2.75, 3.05) is 5.32 Å². The number of nitrogens with zero attached hydrogens (tertiary/aromatic N) is 4. The summed E-state index contributed by atoms with van der Waals surface area (Å²) in [5.41, 5.74) is 4.22. The molecule has 0 aliphatic carbocycles. The Bertz CT molecular complexity index is 1630. The highest BCUT2D eigenvalue weighted by Crippen LogP contribution is 2.26. The first kappa shape index (κ1) is 23.4. The first-order valence-corrected chi connectivity index (χ1v) is 11.6. The van der Waals surface area contributed by atoms with Gasteiger partial charge in [0.2, 0.25) is 5.95 Å². The lowest BCUT2D eigenvalue weighted by Gasteiger charge is -2.18. The van der Waals surface area contributed by atoms with E-state index in [9.17, 15) is 14.7 Å². The first-order chi connectivity index (χ1) is 17.2. The van der Waals surface area contributed by atoms with Crippen LogP contribution in [0.4, 0.5) is 5.95 Å². The lowest BCUT2D eigenvalue weighted by molar-refractivity contribution is 0.0667. The van der Waals surface area contributed by atoms with Crippen molar-refractivity contribution in [1.29, 1.82) is 0 Å². The summed E-state index contributed by atoms with van der Waals surface area (Å²) in [5.74, 6) is 0.0508. The van der Waals surface area contributed by atoms with Gasteiger partial charge in [-0.15, -0.1) is 0 Å². The predicted molar refractivity (Wildman–Crippen MR) is 139 cm³/mol. The van der Waals surface area contributed by atoms with Crippen LogP contribution in [0, 0.1) is 6.92 Å². The van der Waals surface area contributed by atoms with Gasteiger partial charge >= 0.3 is 0 Å². The summed E-state index contributed by atoms with van der Waals surface area (Å²) >= 11 is 0. The molecule has 3 N–H and O–H groups in total. The molecule has 5 rings (SSSR count). The van der Waals surface area contributed by atoms with Crippen molar-refractivity contribution >= 4 is 33.9 Å². The summed E-state index contributed by atoms with van der Waals surface area (Å²) in [6.07, 6.45) is 3.89. The molecule has 0 aliphatic heterocycles. The molecule has 2 aromatic carbocycles. The lowest BCUT2D eigenvalue weighted by Crippen LogP contribution is -2.22. The third kappa shape index (κ3) is 4.73. The number of carbonyl (C=O) groups excluding carboxylic acids is 1. The topological polar surface area (TPSA) is 126 Å². The number of aryl methyl sites for hydroxylation is 2. The highest BCUT2D eigenvalue weighted by atomic mass is 16.3. The van der Waals surface area contributed by atoms with Crippen molar-refractivity contribution in [1.82, 2.24) is 24.5 Å². The molecule has 182 valence electrons. The van der Waals surface area contributed by atoms with Crippen LogP contribution in [0.5, 0.6) is 0 Å². The summed E-state index contributed by atoms with van der Waals surface area (Å²) in [4.78, 5) is 41.1. The standard InChI is InChI=1S/C27H26N6O3/c1-16-24(34)30-20-14-22-23(15-21(20)29-16)33(13-10-27(2,3)36)26(31-22)32-25(35)19-6-4-17(5-7-19)18-8-11-28-12-9-18/h4-9,11-12,14-15,36H,10,13H2,1-3H3,(H,30,34)(H,31,32,35). The third-order valence-corrected chi connectivity index (χ3v) is 6.06. The number of carbonyl (C=O) groups is 1. The molecule has 0 radical (unpaired) electrons. The van der Waals surface area contributed by atoms with Crippen LogP contribution >= 0.6 is 0 Å². The molecule has 3 aromatic heterocycles. The number of aliphatic hydroxyl groups is 1. The maximum Gasteiger partial charge on any atom is 0.269 e. The Balaban J connectivity index is 1.51. The second-order valence-corrected chi connectivity index (χ2v) is 9.43. The van der Waals surface area contributed by atoms with Crippen molar-refractivity contribution in [2.45, 2.75) is 39.3 Å². The van der Waals surface area contributed by atoms with Crippen molar-refractivity contribution in [3.63, 3.8) is 0 Å². The second kappa shape index (κ2) is 9.01. The molecule has 3 heterocycles. The van der Waals surface area contributed by atoms with Crippen molar-refractivity contribution in [3.8, 4) is 11.1 Å². The van der Waals surface area contributed by atoms with E-state index in [-0.39, 0.29) is 11.5 Å². The van der Waals surface area contributed by atoms with E-state index >= 15 is 0 Å². The Morgan fingerprint density at radius 1 is 1.03 bits per heavy atom. The Labute approximate surface area is 206 Å². The highest BCUT2D eigenvalue weighted by molar-refractivity contribution is 6.04. The fourth-order valence-corrected chi connectivity index (χ4v) is 4.04. The average molecular weight is 483 g/mol. The summed E-state index contributed by atoms with van der Waals surface area (Å²) in [6, 6.07) is 14.7. The van der Waals surface area contributed by atoms with Gasteiger partial charge in [-0.2, -0.15) is 0 Å². The SMILES string of the molecule is Cc1nc2cc3c(cc2[nH]c1=O)nc(NC(=O)c1ccc(-c2ccncc2)cc1)n3CCC(C)(C)O. The average Bonchev–Trinajstić information content (AvgIpc) is 3.18. The van der Waals surface area contributed by atoms with Crippen molar-refractivity contribution < 1.29 is 9.90 Å². The number of nitrogens with one attached hydrogen (secondary N) is 2. The number of benzene rings is 2. The van der Waals surface area contributed by atoms with Crippen LogP contribution in [0.2, 0.25) is 0 Å². The van der Waals surface area contributed by atoms with Gasteiger partial charge in [-0.05, 0) is 74.7 Å². The molecule has 9 heteroatoms. The van der Waals surface area contributed by atoms with Gasteiger partial charge in [-0.3, -0.25) is 19.9 Å². The maximum absolute atomic E-state index is 13.1. The summed E-state index contributed by atoms with van der Waals surface area (Å²) in [6.45, 7) is 5.55. The van der Waals surface area contributed by atoms with E-state index in [0.29, 0.717) is 46.7 Å². The van der Waals surface area contributed by atoms with Crippen LogP contribution in [0.25, 0.3) is 33.2 Å². The van der Waals surface area contributed by atoms with E-state index in [1.807, 2.05) is 34.9 Å². The van der Waals surface area contributed by atoms with E-state index in [1.54, 1.807) is 51.4 Å². The number of amides is 1. The van der Waals surface area contributed by atoms with Crippen LogP contribution in [0.3, 0.4) is 0 Å². The van der Waals surface area contributed by atoms with E-state index in [1.165, 1.54) is 0 Å². The zero-order valence-electron chi connectivity index (χ0n) is 20.2. The van der Waals surface area contributed by atoms with Gasteiger partial charge in [-0.1, -0.05) is 12.1 Å². The van der Waals surface area contributed by atoms with Gasteiger partial charge in [0, 0.05) is 24.5 Å². The number of aromatic nitrogens is 5. The molecule has 0 atom stereocenters. The third-order valence-electron chi connectivity index (χ3n) is 6.06. The fourth-order valence-electron chi connectivity index (χ4n) is 4.04. The molecule has 36 heavy (non-hydrogen) atoms. The Kier molecular flexibility index (Phi) is 5.85. The molecule has 9 nitrogen and oxygen atoms in total. The second-order valence-electron chi connectivity index (χ2n) is 9.43. The molecular formula is C27H26N6O3. The number of anilines is 1. The molecule has 0 bridgehead atoms. The number of hydrogen-bond donors (Lipinski definition) is 3. The number of hydrogen-bond acceptors (Lipinski definition) is 6. The zero-order chi connectivity index (χ0) is 25.4. The van der Waals surface area contributed by atoms with E-state index in [2.05, 4.69) is 25.3 Å². The minimum Gasteiger partial charge on any atom is -0.390 e. The van der Waals surface area contributed by atoms with Crippen molar-refractivity contribution in [2.24, 2.45) is 0 Å². The maximum atomic E-state index is 13.1. The Hall–Kier alpha value is -4.37. The first-order valence-electron chi connectivity index (χ1n) is 11.6. The predicted octanol–water partition coefficient (Wildman–Crippen LogP) is 4.06. The summed E-state index contributed by atoms with van der Waals surface area (Å²) < 4.78 is 1.86. The minimum absolute atomic E-state index is 0.257. The quantitative estimate of drug-likeness (QED) is 0.335. The number of pyridine rings is 1. The van der Waals surface area contributed by atoms with Gasteiger partial charge in [0.25, 0.3) is 11.5 Å².